The lowest BCUT2D eigenvalue weighted by molar-refractivity contribution is 0.0989. The number of ketones is 1. The summed E-state index contributed by atoms with van der Waals surface area (Å²) in [5.74, 6) is -0.377. The molecular formula is C25H31FO3. The van der Waals surface area contributed by atoms with Crippen molar-refractivity contribution < 1.29 is 19.0 Å². The topological polar surface area (TPSA) is 46.5 Å². The molecule has 0 radical (unpaired) electrons. The number of phenols is 1. The number of halogens is 1. The lowest BCUT2D eigenvalue weighted by atomic mass is 9.77. The van der Waals surface area contributed by atoms with Crippen molar-refractivity contribution in [3.05, 3.63) is 58.9 Å². The minimum atomic E-state index is -0.883. The van der Waals surface area contributed by atoms with Crippen LogP contribution in [0.4, 0.5) is 4.39 Å². The molecule has 1 N–H and O–H groups in total. The van der Waals surface area contributed by atoms with E-state index < -0.39 is 11.6 Å². The fourth-order valence-electron chi connectivity index (χ4n) is 4.42. The summed E-state index contributed by atoms with van der Waals surface area (Å²) in [5, 5.41) is 10.1. The van der Waals surface area contributed by atoms with Gasteiger partial charge >= 0.3 is 0 Å². The Hall–Kier alpha value is -2.36. The molecule has 1 aliphatic carbocycles. The summed E-state index contributed by atoms with van der Waals surface area (Å²) in [6.07, 6.45) is 7.83. The average molecular weight is 399 g/mol. The molecule has 1 saturated carbocycles. The van der Waals surface area contributed by atoms with Crippen molar-refractivity contribution in [1.29, 1.82) is 0 Å². The predicted molar refractivity (Wildman–Crippen MR) is 113 cm³/mol. The van der Waals surface area contributed by atoms with Crippen LogP contribution in [0.1, 0.15) is 79.8 Å². The molecule has 3 nitrogen and oxygen atoms in total. The highest BCUT2D eigenvalue weighted by atomic mass is 19.1. The molecule has 0 heterocycles. The fourth-order valence-corrected chi connectivity index (χ4v) is 4.42. The molecule has 4 heteroatoms. The van der Waals surface area contributed by atoms with E-state index in [0.717, 1.165) is 11.5 Å². The molecule has 3 rings (SSSR count). The molecule has 2 aromatic rings. The van der Waals surface area contributed by atoms with Gasteiger partial charge in [-0.15, -0.1) is 0 Å². The van der Waals surface area contributed by atoms with E-state index in [1.165, 1.54) is 56.2 Å². The zero-order valence-electron chi connectivity index (χ0n) is 17.4. The number of Topliss-reactive ketones (excluding diaryl/α,β-unsaturated/α-hetero) is 1. The third-order valence-electron chi connectivity index (χ3n) is 6.04. The van der Waals surface area contributed by atoms with Gasteiger partial charge in [0, 0.05) is 6.42 Å². The van der Waals surface area contributed by atoms with E-state index in [1.807, 2.05) is 12.1 Å². The van der Waals surface area contributed by atoms with Crippen LogP contribution in [0.3, 0.4) is 0 Å². The summed E-state index contributed by atoms with van der Waals surface area (Å²) in [6.45, 7) is 4.28. The van der Waals surface area contributed by atoms with Gasteiger partial charge in [-0.2, -0.15) is 4.39 Å². The summed E-state index contributed by atoms with van der Waals surface area (Å²) in [5.41, 5.74) is 2.20. The predicted octanol–water partition coefficient (Wildman–Crippen LogP) is 6.43. The summed E-state index contributed by atoms with van der Waals surface area (Å²) >= 11 is 0. The van der Waals surface area contributed by atoms with Gasteiger partial charge in [-0.1, -0.05) is 44.0 Å². The molecule has 29 heavy (non-hydrogen) atoms. The number of carbonyl (C=O) groups excluding carboxylic acids is 1. The standard InChI is InChI=1S/C25H31FO3/c1-3-5-17-6-10-19(11-7-17)20-12-8-18(9-13-20)16-22(27)21-14-15-23(29-4-2)24(26)25(21)28/h8-9,12-15,17,19,28H,3-7,10-11,16H2,1-2H3. The first kappa shape index (κ1) is 21.4. The van der Waals surface area contributed by atoms with E-state index in [0.29, 0.717) is 5.92 Å². The monoisotopic (exact) mass is 398 g/mol. The van der Waals surface area contributed by atoms with Crippen LogP contribution in [-0.2, 0) is 6.42 Å². The number of aromatic hydroxyl groups is 1. The SMILES string of the molecule is CCCC1CCC(c2ccc(CC(=O)c3ccc(OCC)c(F)c3O)cc2)CC1. The summed E-state index contributed by atoms with van der Waals surface area (Å²) in [6, 6.07) is 11.0. The van der Waals surface area contributed by atoms with Gasteiger partial charge in [-0.25, -0.2) is 0 Å². The van der Waals surface area contributed by atoms with Crippen molar-refractivity contribution in [2.75, 3.05) is 6.61 Å². The summed E-state index contributed by atoms with van der Waals surface area (Å²) in [4.78, 5) is 12.6. The third-order valence-corrected chi connectivity index (χ3v) is 6.04. The van der Waals surface area contributed by atoms with Gasteiger partial charge in [0.2, 0.25) is 5.82 Å². The van der Waals surface area contributed by atoms with Crippen molar-refractivity contribution in [3.8, 4) is 11.5 Å². The molecule has 0 bridgehead atoms. The number of hydrogen-bond acceptors (Lipinski definition) is 3. The lowest BCUT2D eigenvalue weighted by Crippen LogP contribution is -2.13. The second-order valence-corrected chi connectivity index (χ2v) is 8.05. The summed E-state index contributed by atoms with van der Waals surface area (Å²) < 4.78 is 19.3. The van der Waals surface area contributed by atoms with Gasteiger partial charge in [0.15, 0.2) is 17.3 Å². The average Bonchev–Trinajstić information content (AvgIpc) is 2.73. The van der Waals surface area contributed by atoms with Crippen LogP contribution in [0.2, 0.25) is 0 Å². The van der Waals surface area contributed by atoms with Crippen molar-refractivity contribution in [1.82, 2.24) is 0 Å². The van der Waals surface area contributed by atoms with Gasteiger partial charge in [-0.3, -0.25) is 4.79 Å². The van der Waals surface area contributed by atoms with Crippen molar-refractivity contribution >= 4 is 5.78 Å². The summed E-state index contributed by atoms with van der Waals surface area (Å²) in [7, 11) is 0. The van der Waals surface area contributed by atoms with Gasteiger partial charge in [-0.05, 0) is 67.7 Å². The zero-order chi connectivity index (χ0) is 20.8. The first-order chi connectivity index (χ1) is 14.0. The van der Waals surface area contributed by atoms with E-state index >= 15 is 0 Å². The minimum Gasteiger partial charge on any atom is -0.504 e. The van der Waals surface area contributed by atoms with E-state index in [2.05, 4.69) is 19.1 Å². The van der Waals surface area contributed by atoms with Crippen molar-refractivity contribution in [2.45, 2.75) is 64.7 Å². The number of rotatable bonds is 8. The molecule has 0 amide bonds. The Bertz CT molecular complexity index is 821. The Morgan fingerprint density at radius 2 is 1.76 bits per heavy atom. The van der Waals surface area contributed by atoms with E-state index in [4.69, 9.17) is 4.74 Å². The Balaban J connectivity index is 1.63. The first-order valence-electron chi connectivity index (χ1n) is 10.8. The third kappa shape index (κ3) is 5.17. The number of hydrogen-bond donors (Lipinski definition) is 1. The maximum atomic E-state index is 14.2. The Morgan fingerprint density at radius 1 is 1.07 bits per heavy atom. The Morgan fingerprint density at radius 3 is 2.38 bits per heavy atom. The largest absolute Gasteiger partial charge is 0.504 e. The molecule has 1 aliphatic rings. The quantitative estimate of drug-likeness (QED) is 0.521. The van der Waals surface area contributed by atoms with E-state index in [-0.39, 0.29) is 30.1 Å². The van der Waals surface area contributed by atoms with Crippen LogP contribution >= 0.6 is 0 Å². The molecule has 0 spiro atoms. The van der Waals surface area contributed by atoms with E-state index in [9.17, 15) is 14.3 Å². The number of benzene rings is 2. The number of phenolic OH excluding ortho intramolecular Hbond substituents is 1. The van der Waals surface area contributed by atoms with Crippen LogP contribution in [-0.4, -0.2) is 17.5 Å². The van der Waals surface area contributed by atoms with Gasteiger partial charge in [0.25, 0.3) is 0 Å². The Kier molecular flexibility index (Phi) is 7.29. The number of ether oxygens (including phenoxy) is 1. The molecule has 0 unspecified atom stereocenters. The molecule has 0 aromatic heterocycles. The molecule has 0 saturated heterocycles. The highest BCUT2D eigenvalue weighted by Crippen LogP contribution is 2.37. The number of carbonyl (C=O) groups is 1. The van der Waals surface area contributed by atoms with Crippen LogP contribution in [0.15, 0.2) is 36.4 Å². The zero-order valence-corrected chi connectivity index (χ0v) is 17.4. The van der Waals surface area contributed by atoms with E-state index in [1.54, 1.807) is 6.92 Å². The molecule has 156 valence electrons. The van der Waals surface area contributed by atoms with Gasteiger partial charge in [0.05, 0.1) is 12.2 Å². The molecule has 1 fully saturated rings. The second kappa shape index (κ2) is 9.91. The maximum Gasteiger partial charge on any atom is 0.207 e. The lowest BCUT2D eigenvalue weighted by Gasteiger charge is -2.28. The van der Waals surface area contributed by atoms with Gasteiger partial charge < -0.3 is 9.84 Å². The maximum absolute atomic E-state index is 14.2. The van der Waals surface area contributed by atoms with Crippen LogP contribution in [0, 0.1) is 11.7 Å². The highest BCUT2D eigenvalue weighted by molar-refractivity contribution is 6.00. The normalized spacial score (nSPS) is 19.1. The molecule has 0 aliphatic heterocycles. The van der Waals surface area contributed by atoms with Crippen molar-refractivity contribution in [2.24, 2.45) is 5.92 Å². The Labute approximate surface area is 172 Å². The molecule has 2 aromatic carbocycles. The highest BCUT2D eigenvalue weighted by Gasteiger charge is 2.22. The van der Waals surface area contributed by atoms with Crippen LogP contribution in [0.25, 0.3) is 0 Å². The van der Waals surface area contributed by atoms with Crippen LogP contribution in [0.5, 0.6) is 11.5 Å². The second-order valence-electron chi connectivity index (χ2n) is 8.05. The van der Waals surface area contributed by atoms with Crippen LogP contribution < -0.4 is 4.74 Å². The first-order valence-corrected chi connectivity index (χ1v) is 10.8. The molecule has 0 atom stereocenters. The molecular weight excluding hydrogens is 367 g/mol. The fraction of sp³-hybridized carbons (Fsp3) is 0.480. The van der Waals surface area contributed by atoms with Crippen molar-refractivity contribution in [3.63, 3.8) is 0 Å². The smallest absolute Gasteiger partial charge is 0.207 e. The minimum absolute atomic E-state index is 0.00993. The van der Waals surface area contributed by atoms with Gasteiger partial charge in [0.1, 0.15) is 0 Å².